The highest BCUT2D eigenvalue weighted by molar-refractivity contribution is 5.22. The Morgan fingerprint density at radius 2 is 1.93 bits per heavy atom. The fourth-order valence-electron chi connectivity index (χ4n) is 3.65. The number of hydrogen-bond donors (Lipinski definition) is 2. The first-order valence-electron chi connectivity index (χ1n) is 6.44. The lowest BCUT2D eigenvalue weighted by Crippen LogP contribution is -2.49. The van der Waals surface area contributed by atoms with E-state index in [4.69, 9.17) is 0 Å². The molecule has 1 aliphatic carbocycles. The number of rotatable bonds is 1. The predicted molar refractivity (Wildman–Crippen MR) is 60.7 cm³/mol. The van der Waals surface area contributed by atoms with Gasteiger partial charge in [0.15, 0.2) is 0 Å². The zero-order valence-corrected chi connectivity index (χ0v) is 9.34. The highest BCUT2D eigenvalue weighted by atomic mass is 16.3. The Balaban J connectivity index is 1.81. The Hall–Kier alpha value is -0.340. The molecule has 2 nitrogen and oxygen atoms in total. The summed E-state index contributed by atoms with van der Waals surface area (Å²) < 4.78 is 0. The number of piperidine rings is 1. The molecule has 2 atom stereocenters. The number of nitrogens with one attached hydrogen (secondary N) is 1. The highest BCUT2D eigenvalue weighted by Crippen LogP contribution is 2.41. The molecule has 0 aromatic heterocycles. The Bertz CT molecular complexity index is 272. The minimum absolute atomic E-state index is 0.447. The summed E-state index contributed by atoms with van der Waals surface area (Å²) in [6.45, 7) is 0. The Labute approximate surface area is 91.8 Å². The molecule has 2 fully saturated rings. The molecule has 2 aliphatic heterocycles. The molecule has 15 heavy (non-hydrogen) atoms. The van der Waals surface area contributed by atoms with E-state index < -0.39 is 5.60 Å². The topological polar surface area (TPSA) is 32.3 Å². The molecule has 2 unspecified atom stereocenters. The molecule has 2 heteroatoms. The maximum Gasteiger partial charge on any atom is 0.0886 e. The van der Waals surface area contributed by atoms with Crippen LogP contribution in [0.1, 0.15) is 51.4 Å². The number of aliphatic hydroxyl groups is 1. The maximum atomic E-state index is 10.8. The molecule has 0 spiro atoms. The van der Waals surface area contributed by atoms with Gasteiger partial charge in [0, 0.05) is 12.1 Å². The highest BCUT2D eigenvalue weighted by Gasteiger charge is 2.44. The molecule has 3 aliphatic rings. The van der Waals surface area contributed by atoms with E-state index in [-0.39, 0.29) is 0 Å². The van der Waals surface area contributed by atoms with Crippen LogP contribution in [0.15, 0.2) is 11.6 Å². The summed E-state index contributed by atoms with van der Waals surface area (Å²) in [7, 11) is 0. The summed E-state index contributed by atoms with van der Waals surface area (Å²) in [5, 5.41) is 14.4. The second kappa shape index (κ2) is 3.60. The first-order chi connectivity index (χ1) is 7.26. The molecular formula is C13H21NO. The van der Waals surface area contributed by atoms with Crippen molar-refractivity contribution in [1.29, 1.82) is 0 Å². The second-order valence-corrected chi connectivity index (χ2v) is 5.55. The summed E-state index contributed by atoms with van der Waals surface area (Å²) in [5.74, 6) is 0. The lowest BCUT2D eigenvalue weighted by Gasteiger charge is -2.40. The molecule has 0 saturated carbocycles. The third-order valence-corrected chi connectivity index (χ3v) is 4.39. The van der Waals surface area contributed by atoms with Gasteiger partial charge in [0.25, 0.3) is 0 Å². The number of hydrogen-bond acceptors (Lipinski definition) is 2. The molecule has 2 saturated heterocycles. The zero-order valence-electron chi connectivity index (χ0n) is 9.34. The third kappa shape index (κ3) is 1.74. The summed E-state index contributed by atoms with van der Waals surface area (Å²) >= 11 is 0. The van der Waals surface area contributed by atoms with Crippen molar-refractivity contribution in [1.82, 2.24) is 5.32 Å². The fourth-order valence-corrected chi connectivity index (χ4v) is 3.65. The fraction of sp³-hybridized carbons (Fsp3) is 0.846. The Kier molecular flexibility index (Phi) is 2.37. The Morgan fingerprint density at radius 1 is 1.20 bits per heavy atom. The standard InChI is InChI=1S/C13H21NO/c15-13(10-4-2-1-3-5-10)8-11-6-7-12(9-13)14-11/h4,11-12,14-15H,1-3,5-9H2. The van der Waals surface area contributed by atoms with Gasteiger partial charge < -0.3 is 10.4 Å². The lowest BCUT2D eigenvalue weighted by molar-refractivity contribution is 0.0232. The van der Waals surface area contributed by atoms with Crippen molar-refractivity contribution in [3.63, 3.8) is 0 Å². The van der Waals surface area contributed by atoms with E-state index in [0.717, 1.165) is 19.3 Å². The van der Waals surface area contributed by atoms with E-state index in [2.05, 4.69) is 11.4 Å². The van der Waals surface area contributed by atoms with Crippen LogP contribution in [0.25, 0.3) is 0 Å². The van der Waals surface area contributed by atoms with Gasteiger partial charge in [-0.3, -0.25) is 0 Å². The van der Waals surface area contributed by atoms with E-state index in [0.29, 0.717) is 12.1 Å². The molecule has 84 valence electrons. The van der Waals surface area contributed by atoms with Crippen LogP contribution in [-0.4, -0.2) is 22.8 Å². The quantitative estimate of drug-likeness (QED) is 0.646. The van der Waals surface area contributed by atoms with E-state index in [1.165, 1.54) is 37.7 Å². The van der Waals surface area contributed by atoms with Crippen LogP contribution in [0.2, 0.25) is 0 Å². The predicted octanol–water partition coefficient (Wildman–Crippen LogP) is 2.13. The van der Waals surface area contributed by atoms with E-state index >= 15 is 0 Å². The number of allylic oxidation sites excluding steroid dienone is 1. The van der Waals surface area contributed by atoms with Gasteiger partial charge in [-0.2, -0.15) is 0 Å². The third-order valence-electron chi connectivity index (χ3n) is 4.39. The lowest BCUT2D eigenvalue weighted by atomic mass is 9.77. The second-order valence-electron chi connectivity index (χ2n) is 5.55. The van der Waals surface area contributed by atoms with Crippen LogP contribution in [-0.2, 0) is 0 Å². The first kappa shape index (κ1) is 9.86. The molecule has 3 rings (SSSR count). The molecule has 0 aromatic carbocycles. The first-order valence-corrected chi connectivity index (χ1v) is 6.44. The molecule has 2 N–H and O–H groups in total. The molecule has 0 amide bonds. The van der Waals surface area contributed by atoms with Crippen LogP contribution in [0.5, 0.6) is 0 Å². The molecule has 0 aromatic rings. The summed E-state index contributed by atoms with van der Waals surface area (Å²) in [4.78, 5) is 0. The van der Waals surface area contributed by atoms with Gasteiger partial charge in [-0.1, -0.05) is 6.08 Å². The molecule has 0 radical (unpaired) electrons. The van der Waals surface area contributed by atoms with Crippen LogP contribution >= 0.6 is 0 Å². The van der Waals surface area contributed by atoms with Gasteiger partial charge in [-0.05, 0) is 56.9 Å². The maximum absolute atomic E-state index is 10.8. The van der Waals surface area contributed by atoms with Crippen LogP contribution < -0.4 is 5.32 Å². The summed E-state index contributed by atoms with van der Waals surface area (Å²) in [6, 6.07) is 1.16. The van der Waals surface area contributed by atoms with Crippen molar-refractivity contribution in [2.45, 2.75) is 69.1 Å². The van der Waals surface area contributed by atoms with Crippen molar-refractivity contribution in [3.8, 4) is 0 Å². The van der Waals surface area contributed by atoms with Crippen molar-refractivity contribution < 1.29 is 5.11 Å². The van der Waals surface area contributed by atoms with Gasteiger partial charge in [0.2, 0.25) is 0 Å². The smallest absolute Gasteiger partial charge is 0.0886 e. The minimum atomic E-state index is -0.447. The average Bonchev–Trinajstić information content (AvgIpc) is 2.60. The SMILES string of the molecule is OC1(C2=CCCCC2)CC2CCC(C1)N2. The van der Waals surface area contributed by atoms with Gasteiger partial charge in [-0.25, -0.2) is 0 Å². The van der Waals surface area contributed by atoms with Gasteiger partial charge in [0.1, 0.15) is 0 Å². The van der Waals surface area contributed by atoms with Crippen molar-refractivity contribution in [2.24, 2.45) is 0 Å². The minimum Gasteiger partial charge on any atom is -0.385 e. The van der Waals surface area contributed by atoms with E-state index in [9.17, 15) is 5.11 Å². The Morgan fingerprint density at radius 3 is 2.53 bits per heavy atom. The van der Waals surface area contributed by atoms with Gasteiger partial charge in [-0.15, -0.1) is 0 Å². The van der Waals surface area contributed by atoms with Gasteiger partial charge >= 0.3 is 0 Å². The van der Waals surface area contributed by atoms with Crippen LogP contribution in [0.4, 0.5) is 0 Å². The summed E-state index contributed by atoms with van der Waals surface area (Å²) in [6.07, 6.45) is 11.7. The normalized spacial score (nSPS) is 45.3. The largest absolute Gasteiger partial charge is 0.385 e. The molecule has 2 heterocycles. The van der Waals surface area contributed by atoms with Crippen molar-refractivity contribution in [2.75, 3.05) is 0 Å². The average molecular weight is 207 g/mol. The zero-order chi connectivity index (χ0) is 10.3. The van der Waals surface area contributed by atoms with Crippen molar-refractivity contribution >= 4 is 0 Å². The van der Waals surface area contributed by atoms with E-state index in [1.54, 1.807) is 0 Å². The van der Waals surface area contributed by atoms with Gasteiger partial charge in [0.05, 0.1) is 5.60 Å². The molecular weight excluding hydrogens is 186 g/mol. The monoisotopic (exact) mass is 207 g/mol. The van der Waals surface area contributed by atoms with Crippen LogP contribution in [0, 0.1) is 0 Å². The van der Waals surface area contributed by atoms with E-state index in [1.807, 2.05) is 0 Å². The van der Waals surface area contributed by atoms with Crippen molar-refractivity contribution in [3.05, 3.63) is 11.6 Å². The number of fused-ring (bicyclic) bond motifs is 2. The van der Waals surface area contributed by atoms with Crippen LogP contribution in [0.3, 0.4) is 0 Å². The molecule has 2 bridgehead atoms. The summed E-state index contributed by atoms with van der Waals surface area (Å²) in [5.41, 5.74) is 0.907.